The van der Waals surface area contributed by atoms with Crippen LogP contribution in [0, 0.1) is 39.0 Å². The van der Waals surface area contributed by atoms with Crippen LogP contribution in [-0.4, -0.2) is 37.9 Å². The fourth-order valence-corrected chi connectivity index (χ4v) is 7.43. The Bertz CT molecular complexity index is 2670. The summed E-state index contributed by atoms with van der Waals surface area (Å²) < 4.78 is 78.4. The Morgan fingerprint density at radius 2 is 1.59 bits per heavy atom. The first-order valence-corrected chi connectivity index (χ1v) is 18.4. The molecule has 0 saturated heterocycles. The summed E-state index contributed by atoms with van der Waals surface area (Å²) in [5.41, 5.74) is 3.81. The van der Waals surface area contributed by atoms with Crippen molar-refractivity contribution in [1.29, 1.82) is 5.26 Å². The monoisotopic (exact) mass is 785 g/mol. The van der Waals surface area contributed by atoms with Gasteiger partial charge in [0.25, 0.3) is 10.1 Å². The predicted molar refractivity (Wildman–Crippen MR) is 204 cm³/mol. The van der Waals surface area contributed by atoms with Crippen LogP contribution in [0.2, 0.25) is 0 Å². The first-order valence-electron chi connectivity index (χ1n) is 16.9. The zero-order valence-corrected chi connectivity index (χ0v) is 31.8. The van der Waals surface area contributed by atoms with Crippen molar-refractivity contribution in [2.75, 3.05) is 0 Å². The number of nitrogens with one attached hydrogen (secondary N) is 1. The molecule has 0 aliphatic carbocycles. The second-order valence-corrected chi connectivity index (χ2v) is 14.6. The molecule has 0 bridgehead atoms. The molecule has 16 heteroatoms. The maximum absolute atomic E-state index is 14.2. The molecule has 0 aliphatic heterocycles. The van der Waals surface area contributed by atoms with E-state index in [-0.39, 0.29) is 33.8 Å². The number of halogens is 3. The number of aromatic nitrogens is 4. The van der Waals surface area contributed by atoms with Gasteiger partial charge < -0.3 is 11.5 Å². The molecule has 5 N–H and O–H groups in total. The molecule has 1 atom stereocenters. The van der Waals surface area contributed by atoms with Crippen LogP contribution in [0.4, 0.5) is 18.0 Å². The van der Waals surface area contributed by atoms with E-state index in [4.69, 9.17) is 0 Å². The van der Waals surface area contributed by atoms with Crippen molar-refractivity contribution in [2.45, 2.75) is 58.2 Å². The van der Waals surface area contributed by atoms with Gasteiger partial charge in [0.2, 0.25) is 0 Å². The lowest BCUT2D eigenvalue weighted by atomic mass is 9.94. The number of carbonyl (C=O) groups excluding carboxylic acids is 1. The molecule has 6 aromatic rings. The van der Waals surface area contributed by atoms with Gasteiger partial charge in [0, 0.05) is 0 Å². The van der Waals surface area contributed by atoms with Crippen LogP contribution < -0.4 is 17.2 Å². The van der Waals surface area contributed by atoms with Crippen molar-refractivity contribution < 1.29 is 30.9 Å². The first kappa shape index (κ1) is 40.9. The molecular formula is C40H38F3N7O5S. The van der Waals surface area contributed by atoms with Gasteiger partial charge in [0.1, 0.15) is 5.69 Å². The summed E-state index contributed by atoms with van der Waals surface area (Å²) in [5, 5.41) is 16.5. The Hall–Kier alpha value is -6.28. The molecule has 0 spiro atoms. The average molecular weight is 786 g/mol. The van der Waals surface area contributed by atoms with Crippen molar-refractivity contribution in [3.8, 4) is 28.8 Å². The summed E-state index contributed by atoms with van der Waals surface area (Å²) in [7, 11) is -4.43. The van der Waals surface area contributed by atoms with Gasteiger partial charge in [-0.05, 0) is 129 Å². The quantitative estimate of drug-likeness (QED) is 0.130. The Kier molecular flexibility index (Phi) is 11.3. The molecule has 0 aliphatic rings. The van der Waals surface area contributed by atoms with Gasteiger partial charge >= 0.3 is 17.9 Å². The number of carbonyl (C=O) groups is 1. The number of hydrogen-bond donors (Lipinski definition) is 3. The van der Waals surface area contributed by atoms with E-state index in [2.05, 4.69) is 10.4 Å². The molecule has 2 aromatic heterocycles. The maximum Gasteiger partial charge on any atom is 0.416 e. The molecule has 1 amide bonds. The van der Waals surface area contributed by atoms with E-state index < -0.39 is 39.6 Å². The van der Waals surface area contributed by atoms with Crippen molar-refractivity contribution in [3.05, 3.63) is 152 Å². The molecule has 0 saturated carbocycles. The molecule has 1 unspecified atom stereocenters. The smallest absolute Gasteiger partial charge is 0.344 e. The summed E-state index contributed by atoms with van der Waals surface area (Å²) >= 11 is 0. The highest BCUT2D eigenvalue weighted by atomic mass is 32.2. The summed E-state index contributed by atoms with van der Waals surface area (Å²) in [5.74, 6) is 0. The molecule has 0 radical (unpaired) electrons. The van der Waals surface area contributed by atoms with E-state index in [1.165, 1.54) is 36.0 Å². The Morgan fingerprint density at radius 3 is 2.20 bits per heavy atom. The number of benzene rings is 4. The second kappa shape index (κ2) is 15.5. The van der Waals surface area contributed by atoms with E-state index in [1.54, 1.807) is 63.2 Å². The van der Waals surface area contributed by atoms with Crippen molar-refractivity contribution >= 4 is 16.1 Å². The van der Waals surface area contributed by atoms with Crippen molar-refractivity contribution in [3.63, 3.8) is 0 Å². The fraction of sp³-hybridized carbons (Fsp3) is 0.200. The highest BCUT2D eigenvalue weighted by molar-refractivity contribution is 7.85. The van der Waals surface area contributed by atoms with Crippen LogP contribution in [0.3, 0.4) is 0 Å². The lowest BCUT2D eigenvalue weighted by Gasteiger charge is -2.17. The van der Waals surface area contributed by atoms with E-state index in [0.717, 1.165) is 43.5 Å². The van der Waals surface area contributed by atoms with Crippen LogP contribution in [0.25, 0.3) is 22.8 Å². The second-order valence-electron chi connectivity index (χ2n) is 13.2. The largest absolute Gasteiger partial charge is 0.416 e. The van der Waals surface area contributed by atoms with E-state index in [1.807, 2.05) is 25.1 Å². The normalized spacial score (nSPS) is 12.1. The molecule has 56 heavy (non-hydrogen) atoms. The van der Waals surface area contributed by atoms with Gasteiger partial charge in [-0.15, -0.1) is 0 Å². The molecule has 290 valence electrons. The molecule has 0 fully saturated rings. The predicted octanol–water partition coefficient (Wildman–Crippen LogP) is 7.93. The molecule has 4 aromatic carbocycles. The number of alkyl halides is 3. The highest BCUT2D eigenvalue weighted by Gasteiger charge is 2.32. The number of nitrogens with zero attached hydrogens (tertiary/aromatic N) is 5. The number of hydrogen-bond acceptors (Lipinski definition) is 7. The number of rotatable bonds is 8. The minimum atomic E-state index is -4.68. The van der Waals surface area contributed by atoms with Gasteiger partial charge in [-0.25, -0.2) is 18.8 Å². The lowest BCUT2D eigenvalue weighted by molar-refractivity contribution is -0.137. The third-order valence-electron chi connectivity index (χ3n) is 9.82. The van der Waals surface area contributed by atoms with Gasteiger partial charge in [-0.1, -0.05) is 30.3 Å². The molecule has 2 heterocycles. The summed E-state index contributed by atoms with van der Waals surface area (Å²) in [6, 6.07) is 21.5. The Morgan fingerprint density at radius 1 is 0.929 bits per heavy atom. The molecular weight excluding hydrogens is 748 g/mol. The van der Waals surface area contributed by atoms with E-state index in [9.17, 15) is 41.0 Å². The lowest BCUT2D eigenvalue weighted by Crippen LogP contribution is -2.38. The molecule has 12 nitrogen and oxygen atoms in total. The maximum atomic E-state index is 14.2. The third-order valence-corrected chi connectivity index (χ3v) is 10.8. The van der Waals surface area contributed by atoms with Gasteiger partial charge in [-0.2, -0.15) is 31.9 Å². The zero-order chi connectivity index (χ0) is 40.0. The highest BCUT2D eigenvalue weighted by Crippen LogP contribution is 2.33. The Balaban J connectivity index is 0.00000600. The van der Waals surface area contributed by atoms with Crippen molar-refractivity contribution in [2.24, 2.45) is 0 Å². The SMILES string of the molecule is Cc1c(Cc2ccc(C(C)NC(=O)n3c(-c4ccnn4-c4ccc(C#N)cc4)c(C)n(-c4cccc(C(F)(F)F)c4)c3=O)cc2)cc(S(=O)(=O)O)c(C)c1C.N. The average Bonchev–Trinajstić information content (AvgIpc) is 3.72. The van der Waals surface area contributed by atoms with Crippen LogP contribution in [-0.2, 0) is 22.7 Å². The molecule has 6 rings (SSSR count). The minimum Gasteiger partial charge on any atom is -0.344 e. The van der Waals surface area contributed by atoms with Gasteiger partial charge in [-0.3, -0.25) is 9.12 Å². The first-order chi connectivity index (χ1) is 25.9. The summed E-state index contributed by atoms with van der Waals surface area (Å²) in [6.07, 6.45) is -2.87. The van der Waals surface area contributed by atoms with Crippen molar-refractivity contribution in [1.82, 2.24) is 30.4 Å². The standard InChI is InChI=1S/C40H35F3N6O5S.H3N/c1-23-24(2)31(20-36(25(23)3)55(52,53)54)19-28-9-13-30(14-10-28)26(4)46-38(50)48-37(35-17-18-45-49(35)33-15-11-29(22-44)12-16-33)27(5)47(39(48)51)34-8-6-7-32(21-34)40(41,42)43;/h6-18,20-21,26H,19H2,1-5H3,(H,46,50)(H,52,53,54);1H3. The topological polar surface area (TPSA) is 187 Å². The number of nitriles is 1. The number of amides is 1. The zero-order valence-electron chi connectivity index (χ0n) is 31.0. The number of imidazole rings is 1. The fourth-order valence-electron chi connectivity index (χ4n) is 6.60. The van der Waals surface area contributed by atoms with Crippen LogP contribution in [0.5, 0.6) is 0 Å². The van der Waals surface area contributed by atoms with Gasteiger partial charge in [0.15, 0.2) is 0 Å². The summed E-state index contributed by atoms with van der Waals surface area (Å²) in [6.45, 7) is 8.55. The minimum absolute atomic E-state index is 0. The van der Waals surface area contributed by atoms with Crippen LogP contribution >= 0.6 is 0 Å². The Labute approximate surface area is 320 Å². The van der Waals surface area contributed by atoms with Crippen LogP contribution in [0.1, 0.15) is 63.2 Å². The van der Waals surface area contributed by atoms with E-state index in [0.29, 0.717) is 28.8 Å². The van der Waals surface area contributed by atoms with Gasteiger partial charge in [0.05, 0.1) is 57.1 Å². The van der Waals surface area contributed by atoms with E-state index >= 15 is 0 Å². The third kappa shape index (κ3) is 7.78. The summed E-state index contributed by atoms with van der Waals surface area (Å²) in [4.78, 5) is 28.2. The van der Waals surface area contributed by atoms with Crippen LogP contribution in [0.15, 0.2) is 101 Å².